The lowest BCUT2D eigenvalue weighted by Gasteiger charge is -2.45. The van der Waals surface area contributed by atoms with Gasteiger partial charge in [0.25, 0.3) is 23.2 Å². The lowest BCUT2D eigenvalue weighted by Crippen LogP contribution is -2.62. The molecule has 12 heteroatoms. The molecule has 6 atom stereocenters. The van der Waals surface area contributed by atoms with Crippen molar-refractivity contribution in [3.8, 4) is 0 Å². The van der Waals surface area contributed by atoms with Crippen molar-refractivity contribution >= 4 is 23.2 Å². The predicted octanol–water partition coefficient (Wildman–Crippen LogP) is 3.31. The molecular weight excluding hydrogens is 496 g/mol. The van der Waals surface area contributed by atoms with Crippen molar-refractivity contribution in [2.45, 2.75) is 63.2 Å². The van der Waals surface area contributed by atoms with Gasteiger partial charge in [-0.05, 0) is 38.8 Å². The Bertz CT molecular complexity index is 1250. The lowest BCUT2D eigenvalue weighted by molar-refractivity contribution is -0.385. The van der Waals surface area contributed by atoms with E-state index in [4.69, 9.17) is 9.47 Å². The van der Waals surface area contributed by atoms with Gasteiger partial charge in [0.05, 0.1) is 9.85 Å². The van der Waals surface area contributed by atoms with Gasteiger partial charge in [-0.15, -0.1) is 0 Å². The number of nitro groups is 2. The Morgan fingerprint density at radius 3 is 1.50 bits per heavy atom. The second kappa shape index (κ2) is 8.84. The van der Waals surface area contributed by atoms with E-state index in [-0.39, 0.29) is 48.4 Å². The molecule has 0 bridgehead atoms. The molecular formula is C26H28N4O8. The van der Waals surface area contributed by atoms with Gasteiger partial charge in [0.2, 0.25) is 0 Å². The molecule has 2 amide bonds. The number of carbonyl (C=O) groups excluding carboxylic acids is 2. The van der Waals surface area contributed by atoms with E-state index in [1.54, 1.807) is 47.9 Å². The fourth-order valence-corrected chi connectivity index (χ4v) is 5.38. The number of nitro benzene ring substituents is 2. The van der Waals surface area contributed by atoms with E-state index in [9.17, 15) is 29.8 Å². The van der Waals surface area contributed by atoms with E-state index in [1.165, 1.54) is 24.3 Å². The molecule has 3 aliphatic heterocycles. The molecule has 3 saturated heterocycles. The van der Waals surface area contributed by atoms with Crippen LogP contribution in [0.4, 0.5) is 11.4 Å². The number of nitrogens with zero attached hydrogens (tertiary/aromatic N) is 4. The number of non-ortho nitro benzene ring substituents is 2. The summed E-state index contributed by atoms with van der Waals surface area (Å²) in [4.78, 5) is 51.8. The number of benzene rings is 2. The molecule has 0 saturated carbocycles. The van der Waals surface area contributed by atoms with E-state index >= 15 is 0 Å². The quantitative estimate of drug-likeness (QED) is 0.317. The zero-order valence-corrected chi connectivity index (χ0v) is 21.4. The first kappa shape index (κ1) is 25.7. The van der Waals surface area contributed by atoms with Gasteiger partial charge in [0.15, 0.2) is 11.2 Å². The van der Waals surface area contributed by atoms with Crippen LogP contribution in [-0.2, 0) is 19.1 Å². The van der Waals surface area contributed by atoms with Crippen molar-refractivity contribution in [2.24, 2.45) is 0 Å². The number of ether oxygens (including phenoxy) is 2. The molecule has 200 valence electrons. The van der Waals surface area contributed by atoms with Crippen molar-refractivity contribution in [1.29, 1.82) is 0 Å². The Kier molecular flexibility index (Phi) is 5.99. The molecule has 0 N–H and O–H groups in total. The van der Waals surface area contributed by atoms with Crippen LogP contribution in [0.2, 0.25) is 0 Å². The normalized spacial score (nSPS) is 32.0. The van der Waals surface area contributed by atoms with E-state index in [1.807, 2.05) is 13.8 Å². The molecule has 12 nitrogen and oxygen atoms in total. The molecule has 0 unspecified atom stereocenters. The largest absolute Gasteiger partial charge is 0.351 e. The summed E-state index contributed by atoms with van der Waals surface area (Å²) in [6.45, 7) is 7.62. The van der Waals surface area contributed by atoms with Crippen LogP contribution in [0.15, 0.2) is 48.5 Å². The Hall–Kier alpha value is -3.90. The fraction of sp³-hybridized carbons (Fsp3) is 0.462. The zero-order valence-electron chi connectivity index (χ0n) is 21.4. The number of carbonyl (C=O) groups is 2. The van der Waals surface area contributed by atoms with Crippen LogP contribution in [0, 0.1) is 20.2 Å². The highest BCUT2D eigenvalue weighted by Crippen LogP contribution is 2.53. The van der Waals surface area contributed by atoms with Gasteiger partial charge in [-0.25, -0.2) is 0 Å². The number of piperazine rings is 1. The van der Waals surface area contributed by atoms with E-state index in [0.29, 0.717) is 11.1 Å². The molecule has 3 aliphatic rings. The first-order chi connectivity index (χ1) is 17.9. The highest BCUT2D eigenvalue weighted by molar-refractivity contribution is 5.91. The molecule has 3 heterocycles. The maximum absolute atomic E-state index is 13.5. The third kappa shape index (κ3) is 4.19. The van der Waals surface area contributed by atoms with Crippen molar-refractivity contribution in [2.75, 3.05) is 13.1 Å². The minimum atomic E-state index is -1.14. The van der Waals surface area contributed by atoms with Gasteiger partial charge in [0.1, 0.15) is 12.2 Å². The Morgan fingerprint density at radius 2 is 1.16 bits per heavy atom. The maximum Gasteiger partial charge on any atom is 0.269 e. The number of epoxide rings is 2. The second-order valence-electron chi connectivity index (χ2n) is 10.5. The van der Waals surface area contributed by atoms with Crippen LogP contribution < -0.4 is 0 Å². The molecule has 5 rings (SSSR count). The van der Waals surface area contributed by atoms with Crippen LogP contribution in [0.5, 0.6) is 0 Å². The van der Waals surface area contributed by atoms with Gasteiger partial charge in [0, 0.05) is 49.4 Å². The van der Waals surface area contributed by atoms with Gasteiger partial charge in [-0.3, -0.25) is 29.8 Å². The maximum atomic E-state index is 13.5. The van der Waals surface area contributed by atoms with Gasteiger partial charge >= 0.3 is 0 Å². The molecule has 2 aromatic rings. The van der Waals surface area contributed by atoms with Crippen LogP contribution in [0.25, 0.3) is 0 Å². The smallest absolute Gasteiger partial charge is 0.269 e. The Labute approximate surface area is 218 Å². The van der Waals surface area contributed by atoms with Gasteiger partial charge in [-0.2, -0.15) is 0 Å². The first-order valence-corrected chi connectivity index (χ1v) is 12.3. The van der Waals surface area contributed by atoms with Crippen LogP contribution in [-0.4, -0.2) is 67.8 Å². The summed E-state index contributed by atoms with van der Waals surface area (Å²) in [7, 11) is 0. The van der Waals surface area contributed by atoms with Gasteiger partial charge < -0.3 is 19.3 Å². The standard InChI is InChI=1S/C26H28N4O8/c1-15-13-28(24(32)26(4)22(38-26)18-8-6-10-20(12-18)30(35)36)16(2)14-27(15)23(31)25(3)21(37-25)17-7-5-9-19(11-17)29(33)34/h5-12,15-16,21-22H,13-14H2,1-4H3/t15-,16-,21+,22+,25-,26-/m1/s1. The summed E-state index contributed by atoms with van der Waals surface area (Å²) in [5.74, 6) is -0.465. The van der Waals surface area contributed by atoms with Crippen molar-refractivity contribution in [3.05, 3.63) is 79.9 Å². The fourth-order valence-electron chi connectivity index (χ4n) is 5.38. The summed E-state index contributed by atoms with van der Waals surface area (Å²) >= 11 is 0. The average molecular weight is 525 g/mol. The summed E-state index contributed by atoms with van der Waals surface area (Å²) in [6, 6.07) is 11.5. The van der Waals surface area contributed by atoms with Crippen molar-refractivity contribution in [3.63, 3.8) is 0 Å². The van der Waals surface area contributed by atoms with Crippen LogP contribution in [0.1, 0.15) is 51.0 Å². The zero-order chi connectivity index (χ0) is 27.6. The molecule has 0 spiro atoms. The molecule has 0 aliphatic carbocycles. The summed E-state index contributed by atoms with van der Waals surface area (Å²) in [6.07, 6.45) is -1.18. The second-order valence-corrected chi connectivity index (χ2v) is 10.5. The van der Waals surface area contributed by atoms with E-state index in [2.05, 4.69) is 0 Å². The Morgan fingerprint density at radius 1 is 0.789 bits per heavy atom. The number of rotatable bonds is 6. The third-order valence-electron chi connectivity index (χ3n) is 7.74. The van der Waals surface area contributed by atoms with Gasteiger partial charge in [-0.1, -0.05) is 24.3 Å². The molecule has 0 radical (unpaired) electrons. The summed E-state index contributed by atoms with van der Waals surface area (Å²) < 4.78 is 11.6. The van der Waals surface area contributed by atoms with Crippen LogP contribution >= 0.6 is 0 Å². The minimum Gasteiger partial charge on any atom is -0.351 e. The molecule has 38 heavy (non-hydrogen) atoms. The molecule has 0 aromatic heterocycles. The van der Waals surface area contributed by atoms with E-state index < -0.39 is 33.3 Å². The molecule has 3 fully saturated rings. The average Bonchev–Trinajstić information content (AvgIpc) is 3.79. The molecule has 2 aromatic carbocycles. The van der Waals surface area contributed by atoms with Crippen LogP contribution in [0.3, 0.4) is 0 Å². The first-order valence-electron chi connectivity index (χ1n) is 12.3. The minimum absolute atomic E-state index is 0.0684. The lowest BCUT2D eigenvalue weighted by atomic mass is 9.95. The highest BCUT2D eigenvalue weighted by atomic mass is 16.6. The Balaban J connectivity index is 1.26. The summed E-state index contributed by atoms with van der Waals surface area (Å²) in [5.41, 5.74) is -1.30. The predicted molar refractivity (Wildman–Crippen MR) is 133 cm³/mol. The van der Waals surface area contributed by atoms with Crippen molar-refractivity contribution < 1.29 is 28.9 Å². The number of amides is 2. The van der Waals surface area contributed by atoms with Crippen molar-refractivity contribution in [1.82, 2.24) is 9.80 Å². The highest BCUT2D eigenvalue weighted by Gasteiger charge is 2.64. The topological polar surface area (TPSA) is 152 Å². The number of hydrogen-bond donors (Lipinski definition) is 0. The SMILES string of the molecule is C[C@@H]1CN(C(=O)[C@]2(C)O[C@H]2c2cccc([N+](=O)[O-])c2)[C@H](C)CN1C(=O)[C@]1(C)O[C@H]1c1cccc([N+](=O)[O-])c1. The number of hydrogen-bond acceptors (Lipinski definition) is 8. The third-order valence-corrected chi connectivity index (χ3v) is 7.74. The monoisotopic (exact) mass is 524 g/mol. The summed E-state index contributed by atoms with van der Waals surface area (Å²) in [5, 5.41) is 22.3. The van der Waals surface area contributed by atoms with E-state index in [0.717, 1.165) is 0 Å².